The normalized spacial score (nSPS) is 15.2. The Labute approximate surface area is 185 Å². The SMILES string of the molecule is CC1CC=CC=C1C(=[NH2+])COc1ccc(COc2cc(F)c(CCC(=O)O)cc2F)cc1. The molecule has 32 heavy (non-hydrogen) atoms. The van der Waals surface area contributed by atoms with Gasteiger partial charge in [0.25, 0.3) is 0 Å². The summed E-state index contributed by atoms with van der Waals surface area (Å²) in [5, 5.41) is 14.9. The molecule has 0 spiro atoms. The van der Waals surface area contributed by atoms with Gasteiger partial charge in [-0.2, -0.15) is 0 Å². The van der Waals surface area contributed by atoms with Gasteiger partial charge in [-0.3, -0.25) is 10.2 Å². The largest absolute Gasteiger partial charge is 0.486 e. The van der Waals surface area contributed by atoms with Crippen LogP contribution < -0.4 is 14.9 Å². The number of aryl methyl sites for hydroxylation is 1. The van der Waals surface area contributed by atoms with Crippen molar-refractivity contribution in [1.82, 2.24) is 0 Å². The smallest absolute Gasteiger partial charge is 0.303 e. The number of aliphatic carboxylic acids is 1. The maximum Gasteiger partial charge on any atom is 0.303 e. The van der Waals surface area contributed by atoms with Crippen LogP contribution in [0.3, 0.4) is 0 Å². The van der Waals surface area contributed by atoms with Gasteiger partial charge in [0.05, 0.1) is 0 Å². The molecule has 1 aliphatic carbocycles. The number of rotatable bonds is 10. The van der Waals surface area contributed by atoms with E-state index in [4.69, 9.17) is 20.0 Å². The van der Waals surface area contributed by atoms with Gasteiger partial charge in [0.15, 0.2) is 18.2 Å². The summed E-state index contributed by atoms with van der Waals surface area (Å²) < 4.78 is 39.4. The van der Waals surface area contributed by atoms with Crippen LogP contribution in [0.25, 0.3) is 0 Å². The third-order valence-corrected chi connectivity index (χ3v) is 5.22. The third kappa shape index (κ3) is 6.26. The van der Waals surface area contributed by atoms with Crippen LogP contribution in [0.1, 0.15) is 30.9 Å². The molecular formula is C25H26F2NO4+. The van der Waals surface area contributed by atoms with Gasteiger partial charge in [-0.15, -0.1) is 0 Å². The van der Waals surface area contributed by atoms with Crippen molar-refractivity contribution in [3.05, 3.63) is 83.0 Å². The molecule has 0 aromatic heterocycles. The van der Waals surface area contributed by atoms with Crippen molar-refractivity contribution >= 4 is 11.7 Å². The fraction of sp³-hybridized carbons (Fsp3) is 0.280. The van der Waals surface area contributed by atoms with Gasteiger partial charge in [-0.05, 0) is 48.1 Å². The number of ether oxygens (including phenoxy) is 2. The van der Waals surface area contributed by atoms with Crippen LogP contribution in [-0.4, -0.2) is 23.4 Å². The molecule has 0 aliphatic heterocycles. The molecule has 1 atom stereocenters. The van der Waals surface area contributed by atoms with Crippen molar-refractivity contribution in [3.8, 4) is 11.5 Å². The van der Waals surface area contributed by atoms with E-state index in [1.165, 1.54) is 0 Å². The highest BCUT2D eigenvalue weighted by Crippen LogP contribution is 2.24. The van der Waals surface area contributed by atoms with Gasteiger partial charge in [0.2, 0.25) is 5.71 Å². The summed E-state index contributed by atoms with van der Waals surface area (Å²) in [6.45, 7) is 2.43. The van der Waals surface area contributed by atoms with E-state index < -0.39 is 17.6 Å². The van der Waals surface area contributed by atoms with Gasteiger partial charge in [-0.1, -0.05) is 37.3 Å². The molecule has 168 valence electrons. The van der Waals surface area contributed by atoms with E-state index in [1.807, 2.05) is 12.2 Å². The molecule has 2 aromatic rings. The number of allylic oxidation sites excluding steroid dienone is 3. The molecule has 0 radical (unpaired) electrons. The summed E-state index contributed by atoms with van der Waals surface area (Å²) in [6, 6.07) is 8.98. The zero-order valence-corrected chi connectivity index (χ0v) is 17.8. The molecule has 0 bridgehead atoms. The molecule has 7 heteroatoms. The lowest BCUT2D eigenvalue weighted by Crippen LogP contribution is -2.45. The molecule has 5 nitrogen and oxygen atoms in total. The van der Waals surface area contributed by atoms with Crippen LogP contribution in [0, 0.1) is 17.6 Å². The zero-order chi connectivity index (χ0) is 23.1. The van der Waals surface area contributed by atoms with E-state index in [9.17, 15) is 13.6 Å². The third-order valence-electron chi connectivity index (χ3n) is 5.22. The quantitative estimate of drug-likeness (QED) is 0.551. The lowest BCUT2D eigenvalue weighted by atomic mass is 9.90. The van der Waals surface area contributed by atoms with Gasteiger partial charge < -0.3 is 14.6 Å². The Morgan fingerprint density at radius 2 is 1.91 bits per heavy atom. The number of carboxylic acid groups (broad SMARTS) is 1. The first-order chi connectivity index (χ1) is 15.3. The number of hydrogen-bond acceptors (Lipinski definition) is 3. The molecule has 0 fully saturated rings. The Morgan fingerprint density at radius 1 is 1.16 bits per heavy atom. The Bertz CT molecular complexity index is 1040. The molecule has 3 N–H and O–H groups in total. The van der Waals surface area contributed by atoms with Crippen molar-refractivity contribution in [3.63, 3.8) is 0 Å². The van der Waals surface area contributed by atoms with Crippen LogP contribution in [-0.2, 0) is 17.8 Å². The average molecular weight is 442 g/mol. The van der Waals surface area contributed by atoms with E-state index in [2.05, 4.69) is 13.0 Å². The number of nitrogens with two attached hydrogens (primary N) is 1. The Balaban J connectivity index is 1.53. The maximum absolute atomic E-state index is 14.2. The second-order valence-electron chi connectivity index (χ2n) is 7.70. The Kier molecular flexibility index (Phi) is 7.76. The molecule has 0 saturated heterocycles. The van der Waals surface area contributed by atoms with Gasteiger partial charge in [-0.25, -0.2) is 8.78 Å². The number of carboxylic acids is 1. The van der Waals surface area contributed by atoms with Crippen LogP contribution in [0.4, 0.5) is 8.78 Å². The maximum atomic E-state index is 14.2. The van der Waals surface area contributed by atoms with E-state index in [0.717, 1.165) is 29.7 Å². The average Bonchev–Trinajstić information content (AvgIpc) is 2.77. The molecular weight excluding hydrogens is 416 g/mol. The lowest BCUT2D eigenvalue weighted by molar-refractivity contribution is -0.137. The molecule has 2 aromatic carbocycles. The fourth-order valence-corrected chi connectivity index (χ4v) is 3.37. The zero-order valence-electron chi connectivity index (χ0n) is 17.8. The number of hydrogen-bond donors (Lipinski definition) is 2. The number of benzene rings is 2. The van der Waals surface area contributed by atoms with E-state index >= 15 is 0 Å². The first-order valence-corrected chi connectivity index (χ1v) is 10.4. The standard InChI is InChI=1S/C25H25F2NO4/c1-16-4-2-3-5-20(16)23(28)15-31-19-9-6-17(7-10-19)14-32-24-13-21(26)18(12-22(24)27)8-11-25(29)30/h2-3,5-7,9-10,12-13,16,28H,4,8,11,14-15H2,1H3,(H,29,30)/p+1. The van der Waals surface area contributed by atoms with E-state index in [-0.39, 0.29) is 37.4 Å². The molecule has 0 heterocycles. The highest BCUT2D eigenvalue weighted by molar-refractivity contribution is 5.97. The predicted octanol–water partition coefficient (Wildman–Crippen LogP) is 3.66. The topological polar surface area (TPSA) is 81.3 Å². The first kappa shape index (κ1) is 23.2. The first-order valence-electron chi connectivity index (χ1n) is 10.4. The van der Waals surface area contributed by atoms with Gasteiger partial charge >= 0.3 is 5.97 Å². The highest BCUT2D eigenvalue weighted by atomic mass is 19.1. The minimum absolute atomic E-state index is 0.00392. The minimum Gasteiger partial charge on any atom is -0.486 e. The monoisotopic (exact) mass is 442 g/mol. The van der Waals surface area contributed by atoms with Crippen LogP contribution in [0.5, 0.6) is 11.5 Å². The molecule has 0 amide bonds. The van der Waals surface area contributed by atoms with Gasteiger partial charge in [0.1, 0.15) is 18.2 Å². The van der Waals surface area contributed by atoms with E-state index in [0.29, 0.717) is 17.4 Å². The molecule has 1 aliphatic rings. The van der Waals surface area contributed by atoms with Crippen LogP contribution in [0.2, 0.25) is 0 Å². The van der Waals surface area contributed by atoms with Gasteiger partial charge in [0, 0.05) is 18.1 Å². The van der Waals surface area contributed by atoms with Crippen LogP contribution >= 0.6 is 0 Å². The second-order valence-corrected chi connectivity index (χ2v) is 7.70. The van der Waals surface area contributed by atoms with Crippen molar-refractivity contribution in [2.75, 3.05) is 6.61 Å². The lowest BCUT2D eigenvalue weighted by Gasteiger charge is -2.15. The summed E-state index contributed by atoms with van der Waals surface area (Å²) in [7, 11) is 0. The van der Waals surface area contributed by atoms with Crippen molar-refractivity contribution < 1.29 is 33.6 Å². The van der Waals surface area contributed by atoms with E-state index in [1.54, 1.807) is 24.3 Å². The number of carbonyl (C=O) groups is 1. The highest BCUT2D eigenvalue weighted by Gasteiger charge is 2.19. The second kappa shape index (κ2) is 10.7. The van der Waals surface area contributed by atoms with Crippen LogP contribution in [0.15, 0.2) is 60.2 Å². The minimum atomic E-state index is -1.07. The summed E-state index contributed by atoms with van der Waals surface area (Å²) in [6.07, 6.45) is 6.70. The number of halogens is 2. The summed E-state index contributed by atoms with van der Waals surface area (Å²) in [4.78, 5) is 10.6. The Morgan fingerprint density at radius 3 is 2.59 bits per heavy atom. The van der Waals surface area contributed by atoms with Crippen molar-refractivity contribution in [1.29, 1.82) is 0 Å². The summed E-state index contributed by atoms with van der Waals surface area (Å²) in [5.41, 5.74) is 2.53. The summed E-state index contributed by atoms with van der Waals surface area (Å²) >= 11 is 0. The van der Waals surface area contributed by atoms with Crippen molar-refractivity contribution in [2.45, 2.75) is 32.8 Å². The van der Waals surface area contributed by atoms with Crippen molar-refractivity contribution in [2.24, 2.45) is 5.92 Å². The summed E-state index contributed by atoms with van der Waals surface area (Å²) in [5.74, 6) is -1.74. The molecule has 0 saturated carbocycles. The Hall–Kier alpha value is -3.48. The fourth-order valence-electron chi connectivity index (χ4n) is 3.37. The predicted molar refractivity (Wildman–Crippen MR) is 117 cm³/mol. The molecule has 3 rings (SSSR count). The molecule has 1 unspecified atom stereocenters.